The summed E-state index contributed by atoms with van der Waals surface area (Å²) < 4.78 is 25.1. The van der Waals surface area contributed by atoms with Gasteiger partial charge in [-0.1, -0.05) is 6.42 Å². The molecule has 3 N–H and O–H groups in total. The first kappa shape index (κ1) is 17.0. The molecule has 1 aliphatic heterocycles. The highest BCUT2D eigenvalue weighted by Crippen LogP contribution is 2.42. The number of carbonyl (C=O) groups excluding carboxylic acids is 1. The van der Waals surface area contributed by atoms with Crippen LogP contribution in [0.15, 0.2) is 12.3 Å². The molecule has 25 heavy (non-hydrogen) atoms. The lowest BCUT2D eigenvalue weighted by molar-refractivity contribution is -0.122. The van der Waals surface area contributed by atoms with Crippen LogP contribution in [0.3, 0.4) is 0 Å². The highest BCUT2D eigenvalue weighted by molar-refractivity contribution is 7.91. The minimum Gasteiger partial charge on any atom is -0.327 e. The molecule has 138 valence electrons. The number of anilines is 1. The Labute approximate surface area is 148 Å². The van der Waals surface area contributed by atoms with Crippen LogP contribution in [-0.2, 0) is 14.6 Å². The highest BCUT2D eigenvalue weighted by Gasteiger charge is 2.40. The minimum atomic E-state index is -2.99. The van der Waals surface area contributed by atoms with E-state index in [1.165, 1.54) is 6.42 Å². The van der Waals surface area contributed by atoms with Gasteiger partial charge in [0.15, 0.2) is 9.84 Å². The molecule has 3 fully saturated rings. The van der Waals surface area contributed by atoms with Crippen LogP contribution in [0, 0.1) is 17.8 Å². The quantitative estimate of drug-likeness (QED) is 0.839. The van der Waals surface area contributed by atoms with Crippen molar-refractivity contribution in [1.82, 2.24) is 9.78 Å². The number of aromatic nitrogens is 2. The molecule has 2 heterocycles. The minimum absolute atomic E-state index is 0.00855. The summed E-state index contributed by atoms with van der Waals surface area (Å²) in [5.41, 5.74) is 6.31. The first-order valence-corrected chi connectivity index (χ1v) is 11.1. The molecule has 2 saturated carbocycles. The number of nitrogens with one attached hydrogen (secondary N) is 1. The van der Waals surface area contributed by atoms with Crippen molar-refractivity contribution in [3.63, 3.8) is 0 Å². The number of nitrogens with zero attached hydrogens (tertiary/aromatic N) is 2. The van der Waals surface area contributed by atoms with E-state index in [4.69, 9.17) is 5.73 Å². The van der Waals surface area contributed by atoms with Crippen LogP contribution in [0.1, 0.15) is 44.6 Å². The molecule has 0 radical (unpaired) electrons. The van der Waals surface area contributed by atoms with E-state index in [1.54, 1.807) is 16.9 Å². The van der Waals surface area contributed by atoms with Crippen molar-refractivity contribution in [3.8, 4) is 0 Å². The molecule has 7 nitrogen and oxygen atoms in total. The average molecular weight is 366 g/mol. The van der Waals surface area contributed by atoms with Crippen molar-refractivity contribution < 1.29 is 13.2 Å². The number of fused-ring (bicyclic) bond motifs is 2. The summed E-state index contributed by atoms with van der Waals surface area (Å²) in [6, 6.07) is 1.81. The molecule has 2 bridgehead atoms. The van der Waals surface area contributed by atoms with Crippen LogP contribution < -0.4 is 11.1 Å². The predicted octanol–water partition coefficient (Wildman–Crippen LogP) is 1.33. The maximum atomic E-state index is 12.8. The molecule has 0 spiro atoms. The first-order chi connectivity index (χ1) is 11.9. The van der Waals surface area contributed by atoms with Crippen molar-refractivity contribution in [2.24, 2.45) is 23.5 Å². The molecular formula is C17H26N4O3S. The van der Waals surface area contributed by atoms with E-state index in [9.17, 15) is 13.2 Å². The lowest BCUT2D eigenvalue weighted by Gasteiger charge is -2.43. The van der Waals surface area contributed by atoms with Gasteiger partial charge in [-0.2, -0.15) is 5.10 Å². The first-order valence-electron chi connectivity index (χ1n) is 9.23. The summed E-state index contributed by atoms with van der Waals surface area (Å²) in [6.45, 7) is 0. The smallest absolute Gasteiger partial charge is 0.228 e. The van der Waals surface area contributed by atoms with Gasteiger partial charge in [-0.15, -0.1) is 0 Å². The largest absolute Gasteiger partial charge is 0.327 e. The molecule has 1 saturated heterocycles. The molecule has 0 aromatic carbocycles. The molecule has 1 amide bonds. The molecule has 4 rings (SSSR count). The number of amides is 1. The zero-order chi connectivity index (χ0) is 17.6. The third-order valence-corrected chi connectivity index (χ3v) is 8.01. The SMILES string of the molecule is NC1C2CCCC1CC(C(=O)Nc1ccnn1C1CCS(=O)(=O)C1)C2. The lowest BCUT2D eigenvalue weighted by Crippen LogP contribution is -2.48. The van der Waals surface area contributed by atoms with Crippen LogP contribution in [0.25, 0.3) is 0 Å². The summed E-state index contributed by atoms with van der Waals surface area (Å²) in [6.07, 6.45) is 7.35. The fourth-order valence-electron chi connectivity index (χ4n) is 4.90. The van der Waals surface area contributed by atoms with E-state index < -0.39 is 9.84 Å². The summed E-state index contributed by atoms with van der Waals surface area (Å²) >= 11 is 0. The highest BCUT2D eigenvalue weighted by atomic mass is 32.2. The van der Waals surface area contributed by atoms with Gasteiger partial charge in [0.1, 0.15) is 5.82 Å². The molecule has 8 heteroatoms. The molecule has 3 atom stereocenters. The van der Waals surface area contributed by atoms with Gasteiger partial charge in [-0.3, -0.25) is 4.79 Å². The number of hydrogen-bond donors (Lipinski definition) is 2. The van der Waals surface area contributed by atoms with Crippen LogP contribution in [0.4, 0.5) is 5.82 Å². The van der Waals surface area contributed by atoms with Crippen molar-refractivity contribution in [1.29, 1.82) is 0 Å². The Morgan fingerprint density at radius 3 is 2.60 bits per heavy atom. The predicted molar refractivity (Wildman–Crippen MR) is 94.7 cm³/mol. The van der Waals surface area contributed by atoms with Crippen LogP contribution in [-0.4, -0.2) is 41.7 Å². The number of hydrogen-bond acceptors (Lipinski definition) is 5. The topological polar surface area (TPSA) is 107 Å². The van der Waals surface area contributed by atoms with Gasteiger partial charge in [0.2, 0.25) is 5.91 Å². The van der Waals surface area contributed by atoms with Crippen LogP contribution in [0.5, 0.6) is 0 Å². The fourth-order valence-corrected chi connectivity index (χ4v) is 6.60. The number of nitrogens with two attached hydrogens (primary N) is 1. The second-order valence-corrected chi connectivity index (χ2v) is 10.1. The standard InChI is InChI=1S/C17H26N4O3S/c18-16-11-2-1-3-12(16)9-13(8-11)17(22)20-15-4-6-19-21(15)14-5-7-25(23,24)10-14/h4,6,11-14,16H,1-3,5,7-10,18H2,(H,20,22). The Balaban J connectivity index is 1.45. The van der Waals surface area contributed by atoms with Gasteiger partial charge in [0.25, 0.3) is 0 Å². The summed E-state index contributed by atoms with van der Waals surface area (Å²) in [7, 11) is -2.99. The van der Waals surface area contributed by atoms with E-state index in [1.807, 2.05) is 0 Å². The number of sulfone groups is 1. The number of carbonyl (C=O) groups is 1. The summed E-state index contributed by atoms with van der Waals surface area (Å²) in [5.74, 6) is 1.81. The Bertz CT molecular complexity index is 746. The molecule has 3 unspecified atom stereocenters. The van der Waals surface area contributed by atoms with Gasteiger partial charge >= 0.3 is 0 Å². The number of rotatable bonds is 3. The van der Waals surface area contributed by atoms with Gasteiger partial charge in [0, 0.05) is 18.0 Å². The second-order valence-electron chi connectivity index (χ2n) is 7.90. The zero-order valence-corrected chi connectivity index (χ0v) is 15.1. The Hall–Kier alpha value is -1.41. The van der Waals surface area contributed by atoms with Crippen molar-refractivity contribution in [2.45, 2.75) is 50.6 Å². The summed E-state index contributed by atoms with van der Waals surface area (Å²) in [5, 5.41) is 7.24. The Morgan fingerprint density at radius 2 is 1.96 bits per heavy atom. The Kier molecular flexibility index (Phi) is 4.35. The van der Waals surface area contributed by atoms with Crippen LogP contribution >= 0.6 is 0 Å². The van der Waals surface area contributed by atoms with Gasteiger partial charge < -0.3 is 11.1 Å². The van der Waals surface area contributed by atoms with E-state index in [-0.39, 0.29) is 35.4 Å². The maximum absolute atomic E-state index is 12.8. The molecular weight excluding hydrogens is 340 g/mol. The normalized spacial score (nSPS) is 36.9. The van der Waals surface area contributed by atoms with E-state index in [0.717, 1.165) is 25.7 Å². The monoisotopic (exact) mass is 366 g/mol. The van der Waals surface area contributed by atoms with Gasteiger partial charge in [-0.25, -0.2) is 13.1 Å². The third kappa shape index (κ3) is 3.33. The van der Waals surface area contributed by atoms with Crippen LogP contribution in [0.2, 0.25) is 0 Å². The second kappa shape index (κ2) is 6.39. The van der Waals surface area contributed by atoms with E-state index in [0.29, 0.717) is 24.1 Å². The van der Waals surface area contributed by atoms with E-state index >= 15 is 0 Å². The maximum Gasteiger partial charge on any atom is 0.228 e. The Morgan fingerprint density at radius 1 is 1.24 bits per heavy atom. The average Bonchev–Trinajstić information content (AvgIpc) is 3.12. The van der Waals surface area contributed by atoms with Crippen molar-refractivity contribution in [3.05, 3.63) is 12.3 Å². The van der Waals surface area contributed by atoms with Crippen molar-refractivity contribution in [2.75, 3.05) is 16.8 Å². The van der Waals surface area contributed by atoms with Gasteiger partial charge in [-0.05, 0) is 43.9 Å². The van der Waals surface area contributed by atoms with Gasteiger partial charge in [0.05, 0.1) is 23.7 Å². The summed E-state index contributed by atoms with van der Waals surface area (Å²) in [4.78, 5) is 12.8. The molecule has 3 aliphatic rings. The third-order valence-electron chi connectivity index (χ3n) is 6.26. The molecule has 1 aromatic rings. The fraction of sp³-hybridized carbons (Fsp3) is 0.765. The zero-order valence-electron chi connectivity index (χ0n) is 14.3. The lowest BCUT2D eigenvalue weighted by atomic mass is 9.65. The van der Waals surface area contributed by atoms with E-state index in [2.05, 4.69) is 10.4 Å². The molecule has 2 aliphatic carbocycles. The molecule has 1 aromatic heterocycles. The van der Waals surface area contributed by atoms with Crippen molar-refractivity contribution >= 4 is 21.6 Å².